The van der Waals surface area contributed by atoms with Gasteiger partial charge in [-0.2, -0.15) is 18.2 Å². The number of carbonyl (C=O) groups is 1. The fraction of sp³-hybridized carbons (Fsp3) is 0.148. The summed E-state index contributed by atoms with van der Waals surface area (Å²) in [6.45, 7) is 6.99. The van der Waals surface area contributed by atoms with Gasteiger partial charge in [-0.1, -0.05) is 60.3 Å². The Morgan fingerprint density at radius 2 is 1.73 bits per heavy atom. The molecule has 3 N–H and O–H groups in total. The Morgan fingerprint density at radius 1 is 1.05 bits per heavy atom. The average molecular weight is 509 g/mol. The largest absolute Gasteiger partial charge is 0.507 e. The number of aromatic nitrogens is 2. The van der Waals surface area contributed by atoms with Gasteiger partial charge in [-0.05, 0) is 48.2 Å². The second-order valence-electron chi connectivity index (χ2n) is 8.41. The summed E-state index contributed by atoms with van der Waals surface area (Å²) in [6, 6.07) is 14.2. The van der Waals surface area contributed by atoms with Gasteiger partial charge in [0.15, 0.2) is 0 Å². The van der Waals surface area contributed by atoms with Crippen LogP contribution in [0, 0.1) is 6.92 Å². The third-order valence-electron chi connectivity index (χ3n) is 5.79. The van der Waals surface area contributed by atoms with Crippen LogP contribution in [-0.4, -0.2) is 32.4 Å². The first kappa shape index (κ1) is 25.5. The fourth-order valence-corrected chi connectivity index (χ4v) is 3.77. The van der Waals surface area contributed by atoms with Crippen LogP contribution in [0.25, 0.3) is 39.7 Å². The molecule has 0 radical (unpaired) electrons. The molecule has 1 atom stereocenters. The molecule has 37 heavy (non-hydrogen) atoms. The quantitative estimate of drug-likeness (QED) is 0.275. The van der Waals surface area contributed by atoms with E-state index >= 15 is 0 Å². The van der Waals surface area contributed by atoms with Crippen molar-refractivity contribution in [1.82, 2.24) is 15.5 Å². The van der Waals surface area contributed by atoms with Crippen molar-refractivity contribution in [3.63, 3.8) is 0 Å². The number of nitrogens with one attached hydrogen (secondary N) is 1. The van der Waals surface area contributed by atoms with Gasteiger partial charge in [0.1, 0.15) is 11.8 Å². The van der Waals surface area contributed by atoms with Gasteiger partial charge >= 0.3 is 12.1 Å². The van der Waals surface area contributed by atoms with Gasteiger partial charge in [0.05, 0.1) is 11.1 Å². The first-order valence-electron chi connectivity index (χ1n) is 11.1. The molecular formula is C27H22F3N3O4. The number of aliphatic carboxylic acids is 1. The number of phenols is 1. The van der Waals surface area contributed by atoms with E-state index in [1.54, 1.807) is 55.5 Å². The van der Waals surface area contributed by atoms with Crippen molar-refractivity contribution in [2.45, 2.75) is 26.1 Å². The lowest BCUT2D eigenvalue weighted by Gasteiger charge is -2.16. The predicted octanol–water partition coefficient (Wildman–Crippen LogP) is 6.14. The lowest BCUT2D eigenvalue weighted by atomic mass is 9.93. The van der Waals surface area contributed by atoms with E-state index in [-0.39, 0.29) is 22.8 Å². The Labute approximate surface area is 209 Å². The summed E-state index contributed by atoms with van der Waals surface area (Å²) in [5, 5.41) is 26.2. The van der Waals surface area contributed by atoms with E-state index < -0.39 is 29.5 Å². The number of carboxylic acids is 1. The van der Waals surface area contributed by atoms with E-state index in [4.69, 9.17) is 9.63 Å². The zero-order chi connectivity index (χ0) is 26.9. The lowest BCUT2D eigenvalue weighted by molar-refractivity contribution is -0.139. The van der Waals surface area contributed by atoms with Crippen molar-refractivity contribution in [3.05, 3.63) is 83.9 Å². The molecular weight excluding hydrogens is 487 g/mol. The molecule has 0 aliphatic heterocycles. The van der Waals surface area contributed by atoms with Crippen LogP contribution in [0.4, 0.5) is 13.2 Å². The first-order chi connectivity index (χ1) is 17.5. The summed E-state index contributed by atoms with van der Waals surface area (Å²) in [6.07, 6.45) is -4.70. The number of rotatable bonds is 7. The van der Waals surface area contributed by atoms with Gasteiger partial charge < -0.3 is 20.1 Å². The molecule has 4 rings (SSSR count). The van der Waals surface area contributed by atoms with Crippen molar-refractivity contribution >= 4 is 11.7 Å². The monoisotopic (exact) mass is 509 g/mol. The van der Waals surface area contributed by atoms with Crippen LogP contribution >= 0.6 is 0 Å². The van der Waals surface area contributed by atoms with Gasteiger partial charge in [-0.3, -0.25) is 4.79 Å². The highest BCUT2D eigenvalue weighted by Crippen LogP contribution is 2.43. The second-order valence-corrected chi connectivity index (χ2v) is 8.41. The van der Waals surface area contributed by atoms with Crippen LogP contribution < -0.4 is 5.32 Å². The number of halogens is 3. The summed E-state index contributed by atoms with van der Waals surface area (Å²) in [7, 11) is 0. The number of carboxylic acid groups (broad SMARTS) is 1. The summed E-state index contributed by atoms with van der Waals surface area (Å²) in [5.74, 6) is -1.65. The topological polar surface area (TPSA) is 108 Å². The molecule has 0 aliphatic carbocycles. The van der Waals surface area contributed by atoms with E-state index in [1.807, 2.05) is 0 Å². The van der Waals surface area contributed by atoms with Crippen molar-refractivity contribution in [2.24, 2.45) is 0 Å². The van der Waals surface area contributed by atoms with Crippen LogP contribution in [0.2, 0.25) is 0 Å². The molecule has 4 aromatic rings. The summed E-state index contributed by atoms with van der Waals surface area (Å²) in [4.78, 5) is 15.2. The Hall–Kier alpha value is -4.60. The number of alkyl halides is 3. The Morgan fingerprint density at radius 3 is 2.35 bits per heavy atom. The molecule has 0 fully saturated rings. The summed E-state index contributed by atoms with van der Waals surface area (Å²) >= 11 is 0. The third-order valence-corrected chi connectivity index (χ3v) is 5.79. The lowest BCUT2D eigenvalue weighted by Crippen LogP contribution is -2.32. The zero-order valence-electron chi connectivity index (χ0n) is 19.8. The van der Waals surface area contributed by atoms with E-state index in [1.165, 1.54) is 6.92 Å². The maximum Gasteiger partial charge on any atom is 0.417 e. The molecule has 0 spiro atoms. The molecule has 7 nitrogen and oxygen atoms in total. The molecule has 0 saturated carbocycles. The minimum Gasteiger partial charge on any atom is -0.507 e. The molecule has 1 aromatic heterocycles. The van der Waals surface area contributed by atoms with Gasteiger partial charge in [0.2, 0.25) is 5.82 Å². The minimum atomic E-state index is -4.70. The number of nitrogens with zero attached hydrogens (tertiary/aromatic N) is 2. The maximum atomic E-state index is 14.0. The van der Waals surface area contributed by atoms with E-state index in [0.717, 1.165) is 12.1 Å². The highest BCUT2D eigenvalue weighted by Gasteiger charge is 2.36. The normalized spacial score (nSPS) is 12.2. The highest BCUT2D eigenvalue weighted by molar-refractivity contribution is 5.79. The van der Waals surface area contributed by atoms with Crippen molar-refractivity contribution in [2.75, 3.05) is 0 Å². The smallest absolute Gasteiger partial charge is 0.417 e. The van der Waals surface area contributed by atoms with Crippen molar-refractivity contribution in [1.29, 1.82) is 0 Å². The van der Waals surface area contributed by atoms with Crippen LogP contribution in [-0.2, 0) is 11.0 Å². The number of hydrogen-bond acceptors (Lipinski definition) is 6. The number of hydrogen-bond donors (Lipinski definition) is 3. The van der Waals surface area contributed by atoms with Gasteiger partial charge in [-0.25, -0.2) is 0 Å². The van der Waals surface area contributed by atoms with Crippen molar-refractivity contribution < 1.29 is 32.7 Å². The standard InChI is InChI=1S/C27H22F3N3O4/c1-14-6-4-5-7-19(14)20-13-23(34)21(12-22(20)27(28,29)30)25-32-24(33-37-25)18-10-8-17(9-11-18)15(2)31-16(3)26(35)36/h4-13,16,31,34H,2H2,1,3H3,(H,35,36)/t16-/m1/s1. The molecule has 3 aromatic carbocycles. The van der Waals surface area contributed by atoms with Crippen LogP contribution in [0.15, 0.2) is 71.8 Å². The molecule has 190 valence electrons. The molecule has 0 saturated heterocycles. The van der Waals surface area contributed by atoms with E-state index in [9.17, 15) is 23.1 Å². The number of aromatic hydroxyl groups is 1. The Kier molecular flexibility index (Phi) is 6.76. The summed E-state index contributed by atoms with van der Waals surface area (Å²) < 4.78 is 47.2. The predicted molar refractivity (Wildman–Crippen MR) is 131 cm³/mol. The zero-order valence-corrected chi connectivity index (χ0v) is 19.8. The van der Waals surface area contributed by atoms with Gasteiger partial charge in [0, 0.05) is 11.3 Å². The average Bonchev–Trinajstić information content (AvgIpc) is 3.33. The van der Waals surface area contributed by atoms with E-state index in [0.29, 0.717) is 28.0 Å². The molecule has 0 bridgehead atoms. The Bertz CT molecular complexity index is 1480. The number of phenolic OH excluding ortho intramolecular Hbond substituents is 1. The van der Waals surface area contributed by atoms with Crippen molar-refractivity contribution in [3.8, 4) is 39.7 Å². The molecule has 10 heteroatoms. The van der Waals surface area contributed by atoms with Gasteiger partial charge in [0.25, 0.3) is 5.89 Å². The molecule has 0 amide bonds. The molecule has 0 aliphatic rings. The SMILES string of the molecule is C=C(N[C@H](C)C(=O)O)c1ccc(-c2noc(-c3cc(C(F)(F)F)c(-c4ccccc4C)cc3O)n2)cc1. The van der Waals surface area contributed by atoms with Crippen LogP contribution in [0.1, 0.15) is 23.6 Å². The Balaban J connectivity index is 1.67. The molecule has 0 unspecified atom stereocenters. The summed E-state index contributed by atoms with van der Waals surface area (Å²) in [5.41, 5.74) is 1.13. The highest BCUT2D eigenvalue weighted by atomic mass is 19.4. The van der Waals surface area contributed by atoms with Gasteiger partial charge in [-0.15, -0.1) is 0 Å². The van der Waals surface area contributed by atoms with E-state index in [2.05, 4.69) is 22.0 Å². The third kappa shape index (κ3) is 5.32. The number of benzene rings is 3. The maximum absolute atomic E-state index is 14.0. The second kappa shape index (κ2) is 9.81. The van der Waals surface area contributed by atoms with Crippen LogP contribution in [0.5, 0.6) is 5.75 Å². The fourth-order valence-electron chi connectivity index (χ4n) is 3.77. The number of aryl methyl sites for hydroxylation is 1. The van der Waals surface area contributed by atoms with Crippen LogP contribution in [0.3, 0.4) is 0 Å². The first-order valence-corrected chi connectivity index (χ1v) is 11.1. The molecule has 1 heterocycles. The minimum absolute atomic E-state index is 0.0926.